The summed E-state index contributed by atoms with van der Waals surface area (Å²) in [4.78, 5) is 13.1. The van der Waals surface area contributed by atoms with Gasteiger partial charge in [0, 0.05) is 5.92 Å². The van der Waals surface area contributed by atoms with E-state index in [-0.39, 0.29) is 11.8 Å². The second-order valence-corrected chi connectivity index (χ2v) is 3.11. The van der Waals surface area contributed by atoms with Gasteiger partial charge in [-0.25, -0.2) is 0 Å². The van der Waals surface area contributed by atoms with Crippen molar-refractivity contribution >= 4 is 13.9 Å². The van der Waals surface area contributed by atoms with Crippen molar-refractivity contribution in [2.45, 2.75) is 26.2 Å². The molecule has 1 heterocycles. The first-order valence-corrected chi connectivity index (χ1v) is 4.12. The van der Waals surface area contributed by atoms with Crippen molar-refractivity contribution in [3.8, 4) is 0 Å². The number of rotatable bonds is 1. The number of carbonyl (C=O) groups is 1. The second-order valence-electron chi connectivity index (χ2n) is 3.11. The third kappa shape index (κ3) is 1.47. The van der Waals surface area contributed by atoms with Crippen LogP contribution < -0.4 is 0 Å². The summed E-state index contributed by atoms with van der Waals surface area (Å²) in [5, 5.41) is 0. The van der Waals surface area contributed by atoms with Crippen LogP contribution in [0.1, 0.15) is 26.2 Å². The molecular formula is C8H14BNO. The van der Waals surface area contributed by atoms with Crippen molar-refractivity contribution in [3.05, 3.63) is 12.3 Å². The van der Waals surface area contributed by atoms with Gasteiger partial charge in [0.2, 0.25) is 13.9 Å². The second kappa shape index (κ2) is 3.12. The predicted molar refractivity (Wildman–Crippen MR) is 47.5 cm³/mol. The topological polar surface area (TPSA) is 20.3 Å². The molecule has 60 valence electrons. The summed E-state index contributed by atoms with van der Waals surface area (Å²) in [5.74, 6) is 0.481. The fourth-order valence-corrected chi connectivity index (χ4v) is 1.44. The summed E-state index contributed by atoms with van der Waals surface area (Å²) in [7, 11) is 1.81. The van der Waals surface area contributed by atoms with Gasteiger partial charge in [-0.05, 0) is 25.0 Å². The Kier molecular flexibility index (Phi) is 2.37. The van der Waals surface area contributed by atoms with Crippen LogP contribution in [0, 0.1) is 5.92 Å². The van der Waals surface area contributed by atoms with Crippen LogP contribution in [0.2, 0.25) is 0 Å². The van der Waals surface area contributed by atoms with E-state index in [4.69, 9.17) is 0 Å². The first kappa shape index (κ1) is 8.37. The molecule has 0 spiro atoms. The Morgan fingerprint density at radius 3 is 3.00 bits per heavy atom. The van der Waals surface area contributed by atoms with Crippen molar-refractivity contribution in [1.82, 2.24) is 4.81 Å². The zero-order chi connectivity index (χ0) is 8.43. The molecule has 0 aromatic rings. The number of amides is 1. The number of nitrogens with zero attached hydrogens (tertiary/aromatic N) is 1. The van der Waals surface area contributed by atoms with Gasteiger partial charge in [-0.1, -0.05) is 13.5 Å². The molecule has 1 atom stereocenters. The molecule has 1 fully saturated rings. The third-order valence-corrected chi connectivity index (χ3v) is 2.43. The van der Waals surface area contributed by atoms with Gasteiger partial charge in [-0.3, -0.25) is 4.79 Å². The standard InChI is InChI=1S/C8H14BNO/c1-3-7-5-4-6(2)10(9)8(7)11/h7H,2-5,9H2,1H3. The van der Waals surface area contributed by atoms with Crippen LogP contribution in [-0.2, 0) is 4.79 Å². The Morgan fingerprint density at radius 1 is 1.82 bits per heavy atom. The molecule has 1 aliphatic rings. The molecule has 0 aliphatic carbocycles. The van der Waals surface area contributed by atoms with Gasteiger partial charge >= 0.3 is 0 Å². The maximum Gasteiger partial charge on any atom is 0.227 e. The summed E-state index contributed by atoms with van der Waals surface area (Å²) in [6.45, 7) is 5.88. The Morgan fingerprint density at radius 2 is 2.45 bits per heavy atom. The monoisotopic (exact) mass is 151 g/mol. The summed E-state index contributed by atoms with van der Waals surface area (Å²) < 4.78 is 0. The molecule has 0 aromatic carbocycles. The van der Waals surface area contributed by atoms with E-state index in [2.05, 4.69) is 13.5 Å². The molecule has 0 aromatic heterocycles. The van der Waals surface area contributed by atoms with Gasteiger partial charge < -0.3 is 4.81 Å². The summed E-state index contributed by atoms with van der Waals surface area (Å²) >= 11 is 0. The van der Waals surface area contributed by atoms with Gasteiger partial charge in [0.15, 0.2) is 0 Å². The van der Waals surface area contributed by atoms with E-state index in [9.17, 15) is 4.79 Å². The fourth-order valence-electron chi connectivity index (χ4n) is 1.44. The lowest BCUT2D eigenvalue weighted by Gasteiger charge is -2.31. The summed E-state index contributed by atoms with van der Waals surface area (Å²) in [5.41, 5.74) is 0.958. The number of hydrogen-bond acceptors (Lipinski definition) is 1. The minimum atomic E-state index is 0.240. The van der Waals surface area contributed by atoms with Crippen molar-refractivity contribution in [2.24, 2.45) is 5.92 Å². The quantitative estimate of drug-likeness (QED) is 0.505. The molecule has 1 unspecified atom stereocenters. The van der Waals surface area contributed by atoms with Crippen LogP contribution in [0.4, 0.5) is 0 Å². The van der Waals surface area contributed by atoms with Crippen LogP contribution >= 0.6 is 0 Å². The van der Waals surface area contributed by atoms with Crippen LogP contribution in [0.5, 0.6) is 0 Å². The zero-order valence-electron chi connectivity index (χ0n) is 7.26. The SMILES string of the molecule is BN1C(=C)CCC(CC)C1=O. The number of carbonyl (C=O) groups excluding carboxylic acids is 1. The molecule has 1 aliphatic heterocycles. The highest BCUT2D eigenvalue weighted by Crippen LogP contribution is 2.24. The Bertz CT molecular complexity index is 191. The van der Waals surface area contributed by atoms with E-state index in [1.165, 1.54) is 0 Å². The molecule has 2 nitrogen and oxygen atoms in total. The van der Waals surface area contributed by atoms with Crippen LogP contribution in [-0.4, -0.2) is 18.7 Å². The van der Waals surface area contributed by atoms with Crippen molar-refractivity contribution in [3.63, 3.8) is 0 Å². The van der Waals surface area contributed by atoms with Gasteiger partial charge in [0.05, 0.1) is 0 Å². The first-order chi connectivity index (χ1) is 5.16. The molecule has 0 N–H and O–H groups in total. The molecular weight excluding hydrogens is 137 g/mol. The number of allylic oxidation sites excluding steroid dienone is 1. The van der Waals surface area contributed by atoms with Crippen LogP contribution in [0.15, 0.2) is 12.3 Å². The summed E-state index contributed by atoms with van der Waals surface area (Å²) in [6, 6.07) is 0. The predicted octanol–water partition coefficient (Wildman–Crippen LogP) is 0.697. The average molecular weight is 151 g/mol. The lowest BCUT2D eigenvalue weighted by molar-refractivity contribution is -0.131. The molecule has 0 saturated carbocycles. The molecule has 1 amide bonds. The van der Waals surface area contributed by atoms with Gasteiger partial charge in [-0.15, -0.1) is 0 Å². The normalized spacial score (nSPS) is 25.9. The van der Waals surface area contributed by atoms with Gasteiger partial charge in [-0.2, -0.15) is 0 Å². The van der Waals surface area contributed by atoms with Crippen LogP contribution in [0.25, 0.3) is 0 Å². The number of hydrogen-bond donors (Lipinski definition) is 0. The van der Waals surface area contributed by atoms with Gasteiger partial charge in [0.25, 0.3) is 0 Å². The molecule has 0 radical (unpaired) electrons. The zero-order valence-corrected chi connectivity index (χ0v) is 7.26. The van der Waals surface area contributed by atoms with E-state index in [0.29, 0.717) is 0 Å². The molecule has 3 heteroatoms. The molecule has 1 saturated heterocycles. The molecule has 1 rings (SSSR count). The van der Waals surface area contributed by atoms with E-state index < -0.39 is 0 Å². The minimum Gasteiger partial charge on any atom is -0.369 e. The Hall–Kier alpha value is -0.725. The van der Waals surface area contributed by atoms with Crippen molar-refractivity contribution < 1.29 is 4.79 Å². The lowest BCUT2D eigenvalue weighted by atomic mass is 9.91. The van der Waals surface area contributed by atoms with E-state index in [1.54, 1.807) is 4.81 Å². The first-order valence-electron chi connectivity index (χ1n) is 4.12. The Balaban J connectivity index is 2.67. The minimum absolute atomic E-state index is 0.240. The lowest BCUT2D eigenvalue weighted by Crippen LogP contribution is -2.37. The highest BCUT2D eigenvalue weighted by Gasteiger charge is 2.26. The van der Waals surface area contributed by atoms with Crippen LogP contribution in [0.3, 0.4) is 0 Å². The maximum absolute atomic E-state index is 11.4. The fraction of sp³-hybridized carbons (Fsp3) is 0.625. The molecule has 11 heavy (non-hydrogen) atoms. The highest BCUT2D eigenvalue weighted by molar-refractivity contribution is 6.16. The summed E-state index contributed by atoms with van der Waals surface area (Å²) in [6.07, 6.45) is 2.91. The van der Waals surface area contributed by atoms with Gasteiger partial charge in [0.1, 0.15) is 0 Å². The van der Waals surface area contributed by atoms with Crippen molar-refractivity contribution in [1.29, 1.82) is 0 Å². The molecule has 0 bridgehead atoms. The number of piperidine rings is 1. The maximum atomic E-state index is 11.4. The average Bonchev–Trinajstić information content (AvgIpc) is 2.01. The Labute approximate surface area is 68.7 Å². The smallest absolute Gasteiger partial charge is 0.227 e. The van der Waals surface area contributed by atoms with E-state index in [0.717, 1.165) is 25.0 Å². The third-order valence-electron chi connectivity index (χ3n) is 2.43. The highest BCUT2D eigenvalue weighted by atomic mass is 16.2. The largest absolute Gasteiger partial charge is 0.369 e. The van der Waals surface area contributed by atoms with E-state index in [1.807, 2.05) is 7.98 Å². The van der Waals surface area contributed by atoms with E-state index >= 15 is 0 Å². The van der Waals surface area contributed by atoms with Crippen molar-refractivity contribution in [2.75, 3.05) is 0 Å².